The number of hydrogen-bond donors (Lipinski definition) is 2. The highest BCUT2D eigenvalue weighted by Gasteiger charge is 2.28. The summed E-state index contributed by atoms with van der Waals surface area (Å²) in [4.78, 5) is 25.1. The Morgan fingerprint density at radius 2 is 2.14 bits per heavy atom. The fourth-order valence-electron chi connectivity index (χ4n) is 2.35. The molecule has 1 aromatic rings. The number of benzene rings is 1. The number of nitrogens with one attached hydrogen (secondary N) is 2. The highest BCUT2D eigenvalue weighted by molar-refractivity contribution is 5.99. The largest absolute Gasteiger partial charge is 0.479 e. The molecule has 0 fully saturated rings. The smallest absolute Gasteiger partial charge is 0.314 e. The zero-order valence-electron chi connectivity index (χ0n) is 13.5. The summed E-state index contributed by atoms with van der Waals surface area (Å²) >= 11 is 0. The first-order valence-corrected chi connectivity index (χ1v) is 7.50. The summed E-state index contributed by atoms with van der Waals surface area (Å²) in [6, 6.07) is 5.70. The highest BCUT2D eigenvalue weighted by Crippen LogP contribution is 2.33. The summed E-state index contributed by atoms with van der Waals surface area (Å²) in [5.74, 6) is 0.656. The number of nitrogens with zero attached hydrogens (tertiary/aromatic N) is 1. The van der Waals surface area contributed by atoms with E-state index < -0.39 is 6.10 Å². The van der Waals surface area contributed by atoms with Crippen molar-refractivity contribution in [3.8, 4) is 5.75 Å². The van der Waals surface area contributed by atoms with Gasteiger partial charge in [-0.2, -0.15) is 0 Å². The van der Waals surface area contributed by atoms with Gasteiger partial charge in [0.2, 0.25) is 0 Å². The second-order valence-corrected chi connectivity index (χ2v) is 5.76. The normalized spacial score (nSPS) is 17.0. The van der Waals surface area contributed by atoms with E-state index in [1.165, 1.54) is 0 Å². The summed E-state index contributed by atoms with van der Waals surface area (Å²) < 4.78 is 5.58. The van der Waals surface area contributed by atoms with E-state index in [0.29, 0.717) is 18.7 Å². The number of likely N-dealkylation sites (N-methyl/N-ethyl adjacent to an activating group) is 1. The zero-order chi connectivity index (χ0) is 16.3. The summed E-state index contributed by atoms with van der Waals surface area (Å²) in [7, 11) is 1.75. The van der Waals surface area contributed by atoms with Gasteiger partial charge in [0.15, 0.2) is 6.10 Å². The molecular formula is C16H23N3O3. The van der Waals surface area contributed by atoms with Gasteiger partial charge < -0.3 is 20.3 Å². The van der Waals surface area contributed by atoms with Crippen LogP contribution in [0, 0.1) is 0 Å². The Labute approximate surface area is 130 Å². The molecular weight excluding hydrogens is 282 g/mol. The van der Waals surface area contributed by atoms with Crippen molar-refractivity contribution in [1.29, 1.82) is 0 Å². The average Bonchev–Trinajstić information content (AvgIpc) is 2.45. The molecule has 0 bridgehead atoms. The van der Waals surface area contributed by atoms with Gasteiger partial charge in [-0.3, -0.25) is 4.79 Å². The molecule has 2 N–H and O–H groups in total. The van der Waals surface area contributed by atoms with Gasteiger partial charge in [0.05, 0.1) is 5.69 Å². The van der Waals surface area contributed by atoms with Crippen molar-refractivity contribution in [1.82, 2.24) is 10.6 Å². The average molecular weight is 305 g/mol. The molecule has 0 radical (unpaired) electrons. The molecule has 120 valence electrons. The maximum absolute atomic E-state index is 11.9. The molecule has 1 aliphatic heterocycles. The molecule has 0 saturated heterocycles. The monoisotopic (exact) mass is 305 g/mol. The lowest BCUT2D eigenvalue weighted by atomic mass is 10.1. The molecule has 1 atom stereocenters. The van der Waals surface area contributed by atoms with Crippen LogP contribution in [0.25, 0.3) is 0 Å². The molecule has 1 unspecified atom stereocenters. The number of fused-ring (bicyclic) bond motifs is 1. The van der Waals surface area contributed by atoms with Crippen molar-refractivity contribution >= 4 is 17.6 Å². The number of hydrogen-bond acceptors (Lipinski definition) is 3. The molecule has 1 heterocycles. The van der Waals surface area contributed by atoms with Gasteiger partial charge in [-0.25, -0.2) is 4.79 Å². The van der Waals surface area contributed by atoms with Crippen LogP contribution < -0.4 is 20.3 Å². The van der Waals surface area contributed by atoms with Crippen LogP contribution in [0.15, 0.2) is 18.2 Å². The van der Waals surface area contributed by atoms with E-state index >= 15 is 0 Å². The predicted molar refractivity (Wildman–Crippen MR) is 85.3 cm³/mol. The highest BCUT2D eigenvalue weighted by atomic mass is 16.5. The number of rotatable bonds is 4. The number of carbonyl (C=O) groups is 2. The molecule has 0 saturated carbocycles. The number of ether oxygens (including phenoxy) is 1. The molecule has 0 aliphatic carbocycles. The Morgan fingerprint density at radius 1 is 1.41 bits per heavy atom. The summed E-state index contributed by atoms with van der Waals surface area (Å²) in [5, 5.41) is 5.58. The minimum atomic E-state index is -0.454. The van der Waals surface area contributed by atoms with Crippen molar-refractivity contribution < 1.29 is 14.3 Å². The topological polar surface area (TPSA) is 70.7 Å². The fourth-order valence-corrected chi connectivity index (χ4v) is 2.35. The number of urea groups is 1. The second kappa shape index (κ2) is 6.68. The van der Waals surface area contributed by atoms with Gasteiger partial charge >= 0.3 is 6.03 Å². The van der Waals surface area contributed by atoms with Gasteiger partial charge in [-0.15, -0.1) is 0 Å². The molecule has 6 heteroatoms. The minimum absolute atomic E-state index is 0.0564. The third-order valence-corrected chi connectivity index (χ3v) is 3.49. The summed E-state index contributed by atoms with van der Waals surface area (Å²) in [6.07, 6.45) is 0.237. The lowest BCUT2D eigenvalue weighted by Gasteiger charge is -2.30. The first-order chi connectivity index (χ1) is 10.4. The van der Waals surface area contributed by atoms with Gasteiger partial charge in [0, 0.05) is 19.6 Å². The summed E-state index contributed by atoms with van der Waals surface area (Å²) in [6.45, 7) is 6.10. The van der Waals surface area contributed by atoms with E-state index in [1.54, 1.807) is 18.9 Å². The fraction of sp³-hybridized carbons (Fsp3) is 0.500. The van der Waals surface area contributed by atoms with Crippen LogP contribution in [0.3, 0.4) is 0 Å². The van der Waals surface area contributed by atoms with Crippen molar-refractivity contribution in [2.45, 2.75) is 39.3 Å². The number of carbonyl (C=O) groups excluding carboxylic acids is 2. The number of amides is 3. The third-order valence-electron chi connectivity index (χ3n) is 3.49. The number of anilines is 1. The van der Waals surface area contributed by atoms with Crippen LogP contribution in [-0.4, -0.2) is 37.7 Å². The Balaban J connectivity index is 1.97. The van der Waals surface area contributed by atoms with Gasteiger partial charge in [-0.05, 0) is 44.9 Å². The summed E-state index contributed by atoms with van der Waals surface area (Å²) in [5.41, 5.74) is 1.81. The molecule has 22 heavy (non-hydrogen) atoms. The van der Waals surface area contributed by atoms with Gasteiger partial charge in [-0.1, -0.05) is 6.07 Å². The van der Waals surface area contributed by atoms with Crippen LogP contribution in [0.4, 0.5) is 10.5 Å². The van der Waals surface area contributed by atoms with Crippen LogP contribution in [0.5, 0.6) is 5.75 Å². The van der Waals surface area contributed by atoms with Crippen molar-refractivity contribution in [2.75, 3.05) is 18.5 Å². The van der Waals surface area contributed by atoms with Crippen LogP contribution >= 0.6 is 0 Å². The SMILES string of the molecule is CC(C)NC(=O)NCCc1ccc2c(c1)N(C)C(=O)C(C)O2. The van der Waals surface area contributed by atoms with E-state index in [0.717, 1.165) is 11.3 Å². The lowest BCUT2D eigenvalue weighted by molar-refractivity contribution is -0.125. The van der Waals surface area contributed by atoms with E-state index in [1.807, 2.05) is 32.0 Å². The van der Waals surface area contributed by atoms with Crippen molar-refractivity contribution in [2.24, 2.45) is 0 Å². The molecule has 2 rings (SSSR count). The molecule has 0 aromatic heterocycles. The maximum Gasteiger partial charge on any atom is 0.314 e. The quantitative estimate of drug-likeness (QED) is 0.889. The van der Waals surface area contributed by atoms with Gasteiger partial charge in [0.25, 0.3) is 5.91 Å². The zero-order valence-corrected chi connectivity index (χ0v) is 13.5. The lowest BCUT2D eigenvalue weighted by Crippen LogP contribution is -2.42. The molecule has 1 aromatic carbocycles. The Morgan fingerprint density at radius 3 is 2.82 bits per heavy atom. The first-order valence-electron chi connectivity index (χ1n) is 7.50. The van der Waals surface area contributed by atoms with Gasteiger partial charge in [0.1, 0.15) is 5.75 Å². The Kier molecular flexibility index (Phi) is 4.90. The minimum Gasteiger partial charge on any atom is -0.479 e. The van der Waals surface area contributed by atoms with Crippen LogP contribution in [0.1, 0.15) is 26.3 Å². The molecule has 6 nitrogen and oxygen atoms in total. The third kappa shape index (κ3) is 3.69. The van der Waals surface area contributed by atoms with Crippen molar-refractivity contribution in [3.05, 3.63) is 23.8 Å². The van der Waals surface area contributed by atoms with Crippen LogP contribution in [0.2, 0.25) is 0 Å². The van der Waals surface area contributed by atoms with E-state index in [4.69, 9.17) is 4.74 Å². The van der Waals surface area contributed by atoms with E-state index in [2.05, 4.69) is 10.6 Å². The second-order valence-electron chi connectivity index (χ2n) is 5.76. The molecule has 1 aliphatic rings. The Bertz CT molecular complexity index is 572. The van der Waals surface area contributed by atoms with Crippen molar-refractivity contribution in [3.63, 3.8) is 0 Å². The molecule has 3 amide bonds. The Hall–Kier alpha value is -2.24. The standard InChI is InChI=1S/C16H23N3O3/c1-10(2)18-16(21)17-8-7-12-5-6-14-13(9-12)19(4)15(20)11(3)22-14/h5-6,9-11H,7-8H2,1-4H3,(H2,17,18,21). The van der Waals surface area contributed by atoms with E-state index in [9.17, 15) is 9.59 Å². The van der Waals surface area contributed by atoms with E-state index in [-0.39, 0.29) is 18.0 Å². The maximum atomic E-state index is 11.9. The molecule has 0 spiro atoms. The predicted octanol–water partition coefficient (Wildman–Crippen LogP) is 1.68. The van der Waals surface area contributed by atoms with Crippen LogP contribution in [-0.2, 0) is 11.2 Å². The first kappa shape index (κ1) is 16.1.